The molecule has 1 fully saturated rings. The normalized spacial score (nSPS) is 14.7. The van der Waals surface area contributed by atoms with E-state index in [-0.39, 0.29) is 11.9 Å². The minimum atomic E-state index is -0.243. The zero-order valence-corrected chi connectivity index (χ0v) is 16.2. The molecule has 0 aliphatic carbocycles. The molecule has 144 valence electrons. The highest BCUT2D eigenvalue weighted by atomic mass is 32.1. The van der Waals surface area contributed by atoms with E-state index in [1.165, 1.54) is 5.56 Å². The Bertz CT molecular complexity index is 713. The van der Waals surface area contributed by atoms with E-state index in [0.29, 0.717) is 19.5 Å². The van der Waals surface area contributed by atoms with E-state index in [0.717, 1.165) is 38.3 Å². The summed E-state index contributed by atoms with van der Waals surface area (Å²) in [6.45, 7) is 5.08. The van der Waals surface area contributed by atoms with Gasteiger partial charge in [-0.05, 0) is 28.0 Å². The minimum Gasteiger partial charge on any atom is -0.340 e. The number of thiophene rings is 1. The maximum Gasteiger partial charge on any atom is 0.315 e. The lowest BCUT2D eigenvalue weighted by Gasteiger charge is -2.34. The van der Waals surface area contributed by atoms with Crippen molar-refractivity contribution < 1.29 is 9.59 Å². The van der Waals surface area contributed by atoms with Gasteiger partial charge in [-0.15, -0.1) is 0 Å². The molecule has 3 amide bonds. The maximum atomic E-state index is 12.3. The van der Waals surface area contributed by atoms with E-state index in [2.05, 4.69) is 32.4 Å². The zero-order chi connectivity index (χ0) is 18.9. The van der Waals surface area contributed by atoms with Gasteiger partial charge >= 0.3 is 6.03 Å². The summed E-state index contributed by atoms with van der Waals surface area (Å²) in [6, 6.07) is 11.6. The summed E-state index contributed by atoms with van der Waals surface area (Å²) in [5.74, 6) is 0.105. The Hall–Kier alpha value is -2.38. The molecule has 2 N–H and O–H groups in total. The fraction of sp³-hybridized carbons (Fsp3) is 0.400. The molecule has 0 bridgehead atoms. The van der Waals surface area contributed by atoms with Gasteiger partial charge in [0.1, 0.15) is 0 Å². The number of carbonyl (C=O) groups excluding carboxylic acids is 2. The first-order valence-electron chi connectivity index (χ1n) is 9.27. The molecule has 0 radical (unpaired) electrons. The van der Waals surface area contributed by atoms with Gasteiger partial charge in [-0.3, -0.25) is 9.69 Å². The van der Waals surface area contributed by atoms with Crippen LogP contribution in [0.4, 0.5) is 4.79 Å². The summed E-state index contributed by atoms with van der Waals surface area (Å²) >= 11 is 1.72. The van der Waals surface area contributed by atoms with Gasteiger partial charge in [0.15, 0.2) is 0 Å². The van der Waals surface area contributed by atoms with Crippen LogP contribution < -0.4 is 10.6 Å². The second-order valence-electron chi connectivity index (χ2n) is 6.63. The molecule has 1 aromatic carbocycles. The van der Waals surface area contributed by atoms with Crippen molar-refractivity contribution >= 4 is 23.3 Å². The highest BCUT2D eigenvalue weighted by molar-refractivity contribution is 7.07. The third-order valence-electron chi connectivity index (χ3n) is 4.63. The average molecular weight is 387 g/mol. The molecule has 7 heteroatoms. The molecule has 1 aromatic heterocycles. The fourth-order valence-corrected chi connectivity index (χ4v) is 3.74. The standard InChI is InChI=1S/C20H26N4O2S/c25-19(6-8-21-20(26)22-14-17-4-2-1-3-5-17)24-11-9-23(10-12-24)15-18-7-13-27-16-18/h1-5,7,13,16H,6,8-12,14-15H2,(H2,21,22,26). The van der Waals surface area contributed by atoms with E-state index >= 15 is 0 Å². The summed E-state index contributed by atoms with van der Waals surface area (Å²) in [6.07, 6.45) is 0.337. The molecule has 3 rings (SSSR count). The Morgan fingerprint density at radius 3 is 2.44 bits per heavy atom. The average Bonchev–Trinajstić information content (AvgIpc) is 3.21. The molecule has 2 heterocycles. The van der Waals surface area contributed by atoms with Gasteiger partial charge in [0, 0.05) is 52.2 Å². The van der Waals surface area contributed by atoms with Crippen molar-refractivity contribution in [3.8, 4) is 0 Å². The van der Waals surface area contributed by atoms with Gasteiger partial charge < -0.3 is 15.5 Å². The monoisotopic (exact) mass is 386 g/mol. The fourth-order valence-electron chi connectivity index (χ4n) is 3.08. The molecule has 27 heavy (non-hydrogen) atoms. The van der Waals surface area contributed by atoms with Gasteiger partial charge in [0.05, 0.1) is 0 Å². The van der Waals surface area contributed by atoms with E-state index in [9.17, 15) is 9.59 Å². The van der Waals surface area contributed by atoms with Crippen LogP contribution in [0.2, 0.25) is 0 Å². The third kappa shape index (κ3) is 6.37. The minimum absolute atomic E-state index is 0.105. The number of hydrogen-bond donors (Lipinski definition) is 2. The van der Waals surface area contributed by atoms with Crippen molar-refractivity contribution in [2.45, 2.75) is 19.5 Å². The van der Waals surface area contributed by atoms with E-state index in [1.54, 1.807) is 11.3 Å². The van der Waals surface area contributed by atoms with Crippen LogP contribution >= 0.6 is 11.3 Å². The molecule has 0 unspecified atom stereocenters. The predicted molar refractivity (Wildman–Crippen MR) is 107 cm³/mol. The largest absolute Gasteiger partial charge is 0.340 e. The first-order valence-corrected chi connectivity index (χ1v) is 10.2. The number of amides is 3. The number of rotatable bonds is 7. The molecular formula is C20H26N4O2S. The Balaban J connectivity index is 1.29. The molecule has 1 aliphatic heterocycles. The van der Waals surface area contributed by atoms with Crippen LogP contribution in [0.25, 0.3) is 0 Å². The number of nitrogens with zero attached hydrogens (tertiary/aromatic N) is 2. The second-order valence-corrected chi connectivity index (χ2v) is 7.41. The smallest absolute Gasteiger partial charge is 0.315 e. The molecule has 0 atom stereocenters. The van der Waals surface area contributed by atoms with Crippen molar-refractivity contribution in [1.82, 2.24) is 20.4 Å². The predicted octanol–water partition coefficient (Wildman–Crippen LogP) is 2.28. The summed E-state index contributed by atoms with van der Waals surface area (Å²) < 4.78 is 0. The van der Waals surface area contributed by atoms with E-state index < -0.39 is 0 Å². The van der Waals surface area contributed by atoms with Crippen LogP contribution in [-0.2, 0) is 17.9 Å². The van der Waals surface area contributed by atoms with Crippen LogP contribution in [0.5, 0.6) is 0 Å². The SMILES string of the molecule is O=C(NCCC(=O)N1CCN(Cc2ccsc2)CC1)NCc1ccccc1. The summed E-state index contributed by atoms with van der Waals surface area (Å²) in [4.78, 5) is 28.4. The Morgan fingerprint density at radius 1 is 0.963 bits per heavy atom. The molecule has 2 aromatic rings. The van der Waals surface area contributed by atoms with E-state index in [4.69, 9.17) is 0 Å². The number of urea groups is 1. The van der Waals surface area contributed by atoms with Gasteiger partial charge in [-0.2, -0.15) is 11.3 Å². The molecule has 1 aliphatic rings. The molecule has 1 saturated heterocycles. The van der Waals surface area contributed by atoms with Crippen molar-refractivity contribution in [3.63, 3.8) is 0 Å². The lowest BCUT2D eigenvalue weighted by atomic mass is 10.2. The lowest BCUT2D eigenvalue weighted by Crippen LogP contribution is -2.49. The van der Waals surface area contributed by atoms with Gasteiger partial charge in [-0.25, -0.2) is 4.79 Å². The molecular weight excluding hydrogens is 360 g/mol. The van der Waals surface area contributed by atoms with Crippen LogP contribution in [0.1, 0.15) is 17.5 Å². The van der Waals surface area contributed by atoms with Gasteiger partial charge in [-0.1, -0.05) is 30.3 Å². The van der Waals surface area contributed by atoms with Crippen LogP contribution in [0.15, 0.2) is 47.2 Å². The van der Waals surface area contributed by atoms with Crippen LogP contribution in [0.3, 0.4) is 0 Å². The first kappa shape index (κ1) is 19.4. The molecule has 0 saturated carbocycles. The Morgan fingerprint density at radius 2 is 1.74 bits per heavy atom. The number of benzene rings is 1. The van der Waals surface area contributed by atoms with Crippen molar-refractivity contribution in [2.24, 2.45) is 0 Å². The number of nitrogens with one attached hydrogen (secondary N) is 2. The molecule has 6 nitrogen and oxygen atoms in total. The lowest BCUT2D eigenvalue weighted by molar-refractivity contribution is -0.132. The number of carbonyl (C=O) groups is 2. The second kappa shape index (κ2) is 10.1. The summed E-state index contributed by atoms with van der Waals surface area (Å²) in [5, 5.41) is 9.82. The maximum absolute atomic E-state index is 12.3. The van der Waals surface area contributed by atoms with Gasteiger partial charge in [0.2, 0.25) is 5.91 Å². The topological polar surface area (TPSA) is 64.7 Å². The number of hydrogen-bond acceptors (Lipinski definition) is 4. The van der Waals surface area contributed by atoms with Crippen molar-refractivity contribution in [1.29, 1.82) is 0 Å². The highest BCUT2D eigenvalue weighted by Gasteiger charge is 2.20. The Kier molecular flexibility index (Phi) is 7.24. The van der Waals surface area contributed by atoms with Crippen LogP contribution in [0, 0.1) is 0 Å². The van der Waals surface area contributed by atoms with E-state index in [1.807, 2.05) is 35.2 Å². The quantitative estimate of drug-likeness (QED) is 0.767. The Labute approximate surface area is 164 Å². The van der Waals surface area contributed by atoms with Gasteiger partial charge in [0.25, 0.3) is 0 Å². The highest BCUT2D eigenvalue weighted by Crippen LogP contribution is 2.12. The van der Waals surface area contributed by atoms with Crippen molar-refractivity contribution in [3.05, 3.63) is 58.3 Å². The zero-order valence-electron chi connectivity index (χ0n) is 15.4. The number of piperazine rings is 1. The molecule has 0 spiro atoms. The van der Waals surface area contributed by atoms with Crippen molar-refractivity contribution in [2.75, 3.05) is 32.7 Å². The third-order valence-corrected chi connectivity index (χ3v) is 5.36. The summed E-state index contributed by atoms with van der Waals surface area (Å²) in [5.41, 5.74) is 2.38. The first-order chi connectivity index (χ1) is 13.2. The summed E-state index contributed by atoms with van der Waals surface area (Å²) in [7, 11) is 0. The van der Waals surface area contributed by atoms with Crippen LogP contribution in [-0.4, -0.2) is 54.5 Å².